The first-order valence-electron chi connectivity index (χ1n) is 5.70. The van der Waals surface area contributed by atoms with E-state index >= 15 is 0 Å². The SMILES string of the molecule is CCCNCC(C)N(CC)CCC. The lowest BCUT2D eigenvalue weighted by atomic mass is 10.2. The number of nitrogens with zero attached hydrogens (tertiary/aromatic N) is 1. The number of rotatable bonds is 8. The van der Waals surface area contributed by atoms with E-state index in [0.717, 1.165) is 13.1 Å². The zero-order chi connectivity index (χ0) is 10.1. The van der Waals surface area contributed by atoms with Crippen LogP contribution in [0.4, 0.5) is 0 Å². The summed E-state index contributed by atoms with van der Waals surface area (Å²) < 4.78 is 0. The van der Waals surface area contributed by atoms with Crippen LogP contribution in [0.5, 0.6) is 0 Å². The summed E-state index contributed by atoms with van der Waals surface area (Å²) in [5.41, 5.74) is 0. The van der Waals surface area contributed by atoms with Gasteiger partial charge in [-0.3, -0.25) is 4.90 Å². The highest BCUT2D eigenvalue weighted by Gasteiger charge is 2.09. The second kappa shape index (κ2) is 8.52. The van der Waals surface area contributed by atoms with Gasteiger partial charge >= 0.3 is 0 Å². The minimum absolute atomic E-state index is 0.677. The maximum absolute atomic E-state index is 3.47. The highest BCUT2D eigenvalue weighted by molar-refractivity contribution is 4.67. The van der Waals surface area contributed by atoms with Crippen LogP contribution >= 0.6 is 0 Å². The van der Waals surface area contributed by atoms with Gasteiger partial charge in [0.15, 0.2) is 0 Å². The van der Waals surface area contributed by atoms with Crippen molar-refractivity contribution in [2.45, 2.75) is 46.6 Å². The van der Waals surface area contributed by atoms with E-state index in [1.54, 1.807) is 0 Å². The molecule has 0 bridgehead atoms. The Hall–Kier alpha value is -0.0800. The van der Waals surface area contributed by atoms with Gasteiger partial charge in [-0.25, -0.2) is 0 Å². The Bertz CT molecular complexity index is 104. The number of likely N-dealkylation sites (N-methyl/N-ethyl adjacent to an activating group) is 1. The largest absolute Gasteiger partial charge is 0.315 e. The van der Waals surface area contributed by atoms with Gasteiger partial charge in [-0.05, 0) is 39.4 Å². The molecule has 0 aliphatic heterocycles. The van der Waals surface area contributed by atoms with Gasteiger partial charge in [-0.1, -0.05) is 20.8 Å². The molecule has 0 aromatic rings. The molecule has 0 saturated carbocycles. The van der Waals surface area contributed by atoms with E-state index in [2.05, 4.69) is 37.9 Å². The Balaban J connectivity index is 3.57. The highest BCUT2D eigenvalue weighted by atomic mass is 15.2. The average Bonchev–Trinajstić information content (AvgIpc) is 2.14. The predicted octanol–water partition coefficient (Wildman–Crippen LogP) is 2.11. The van der Waals surface area contributed by atoms with Gasteiger partial charge in [0.1, 0.15) is 0 Å². The number of hydrogen-bond donors (Lipinski definition) is 1. The Morgan fingerprint density at radius 3 is 2.31 bits per heavy atom. The topological polar surface area (TPSA) is 15.3 Å². The molecule has 0 aliphatic rings. The predicted molar refractivity (Wildman–Crippen MR) is 60.2 cm³/mol. The van der Waals surface area contributed by atoms with E-state index < -0.39 is 0 Å². The molecule has 0 aliphatic carbocycles. The molecular formula is C11H26N2. The molecule has 0 spiro atoms. The van der Waals surface area contributed by atoms with E-state index in [4.69, 9.17) is 0 Å². The number of nitrogens with one attached hydrogen (secondary N) is 1. The third kappa shape index (κ3) is 6.05. The Morgan fingerprint density at radius 1 is 1.15 bits per heavy atom. The van der Waals surface area contributed by atoms with Gasteiger partial charge in [0, 0.05) is 12.6 Å². The standard InChI is InChI=1S/C11H26N2/c1-5-8-12-10-11(4)13(7-3)9-6-2/h11-12H,5-10H2,1-4H3. The van der Waals surface area contributed by atoms with Crippen molar-refractivity contribution in [3.05, 3.63) is 0 Å². The molecule has 2 nitrogen and oxygen atoms in total. The molecule has 0 fully saturated rings. The Labute approximate surface area is 83.7 Å². The smallest absolute Gasteiger partial charge is 0.0192 e. The van der Waals surface area contributed by atoms with Crippen molar-refractivity contribution in [1.29, 1.82) is 0 Å². The summed E-state index contributed by atoms with van der Waals surface area (Å²) in [4.78, 5) is 2.53. The van der Waals surface area contributed by atoms with Crippen molar-refractivity contribution < 1.29 is 0 Å². The fourth-order valence-corrected chi connectivity index (χ4v) is 1.59. The molecule has 13 heavy (non-hydrogen) atoms. The molecule has 80 valence electrons. The second-order valence-corrected chi connectivity index (χ2v) is 3.68. The fourth-order valence-electron chi connectivity index (χ4n) is 1.59. The van der Waals surface area contributed by atoms with Gasteiger partial charge in [0.2, 0.25) is 0 Å². The second-order valence-electron chi connectivity index (χ2n) is 3.68. The van der Waals surface area contributed by atoms with Crippen molar-refractivity contribution in [2.75, 3.05) is 26.2 Å². The summed E-state index contributed by atoms with van der Waals surface area (Å²) in [5, 5.41) is 3.47. The zero-order valence-electron chi connectivity index (χ0n) is 9.77. The fraction of sp³-hybridized carbons (Fsp3) is 1.00. The summed E-state index contributed by atoms with van der Waals surface area (Å²) in [6, 6.07) is 0.677. The van der Waals surface area contributed by atoms with Gasteiger partial charge in [-0.2, -0.15) is 0 Å². The van der Waals surface area contributed by atoms with Crippen molar-refractivity contribution in [3.8, 4) is 0 Å². The van der Waals surface area contributed by atoms with Crippen LogP contribution in [0, 0.1) is 0 Å². The molecular weight excluding hydrogens is 160 g/mol. The molecule has 0 aromatic heterocycles. The van der Waals surface area contributed by atoms with Crippen molar-refractivity contribution >= 4 is 0 Å². The van der Waals surface area contributed by atoms with Gasteiger partial charge in [0.25, 0.3) is 0 Å². The van der Waals surface area contributed by atoms with E-state index in [0.29, 0.717) is 6.04 Å². The average molecular weight is 186 g/mol. The van der Waals surface area contributed by atoms with Crippen LogP contribution in [-0.2, 0) is 0 Å². The monoisotopic (exact) mass is 186 g/mol. The lowest BCUT2D eigenvalue weighted by Gasteiger charge is -2.27. The quantitative estimate of drug-likeness (QED) is 0.584. The highest BCUT2D eigenvalue weighted by Crippen LogP contribution is 1.98. The molecule has 0 radical (unpaired) electrons. The lowest BCUT2D eigenvalue weighted by molar-refractivity contribution is 0.215. The first-order chi connectivity index (χ1) is 6.26. The van der Waals surface area contributed by atoms with Crippen molar-refractivity contribution in [1.82, 2.24) is 10.2 Å². The van der Waals surface area contributed by atoms with E-state index in [1.165, 1.54) is 25.9 Å². The summed E-state index contributed by atoms with van der Waals surface area (Å²) in [6.07, 6.45) is 2.48. The van der Waals surface area contributed by atoms with Crippen LogP contribution in [0.2, 0.25) is 0 Å². The van der Waals surface area contributed by atoms with Crippen LogP contribution in [-0.4, -0.2) is 37.1 Å². The number of hydrogen-bond acceptors (Lipinski definition) is 2. The first-order valence-corrected chi connectivity index (χ1v) is 5.70. The molecule has 0 saturated heterocycles. The van der Waals surface area contributed by atoms with Gasteiger partial charge in [0.05, 0.1) is 0 Å². The van der Waals surface area contributed by atoms with E-state index in [1.807, 2.05) is 0 Å². The molecule has 0 rings (SSSR count). The molecule has 0 heterocycles. The lowest BCUT2D eigenvalue weighted by Crippen LogP contribution is -2.40. The van der Waals surface area contributed by atoms with Crippen LogP contribution in [0.1, 0.15) is 40.5 Å². The first kappa shape index (κ1) is 12.9. The van der Waals surface area contributed by atoms with Crippen molar-refractivity contribution in [2.24, 2.45) is 0 Å². The Morgan fingerprint density at radius 2 is 1.85 bits per heavy atom. The minimum Gasteiger partial charge on any atom is -0.315 e. The van der Waals surface area contributed by atoms with Crippen LogP contribution < -0.4 is 5.32 Å². The summed E-state index contributed by atoms with van der Waals surface area (Å²) in [7, 11) is 0. The molecule has 1 atom stereocenters. The van der Waals surface area contributed by atoms with Crippen molar-refractivity contribution in [3.63, 3.8) is 0 Å². The zero-order valence-corrected chi connectivity index (χ0v) is 9.77. The van der Waals surface area contributed by atoms with E-state index in [-0.39, 0.29) is 0 Å². The summed E-state index contributed by atoms with van der Waals surface area (Å²) in [6.45, 7) is 13.7. The van der Waals surface area contributed by atoms with Crippen LogP contribution in [0.25, 0.3) is 0 Å². The molecule has 1 N–H and O–H groups in total. The van der Waals surface area contributed by atoms with E-state index in [9.17, 15) is 0 Å². The molecule has 0 aromatic carbocycles. The Kier molecular flexibility index (Phi) is 8.46. The third-order valence-corrected chi connectivity index (χ3v) is 2.41. The molecule has 1 unspecified atom stereocenters. The van der Waals surface area contributed by atoms with Gasteiger partial charge in [-0.15, -0.1) is 0 Å². The maximum atomic E-state index is 3.47. The molecule has 0 amide bonds. The third-order valence-electron chi connectivity index (χ3n) is 2.41. The normalized spacial score (nSPS) is 13.6. The summed E-state index contributed by atoms with van der Waals surface area (Å²) >= 11 is 0. The minimum atomic E-state index is 0.677. The van der Waals surface area contributed by atoms with Crippen LogP contribution in [0.3, 0.4) is 0 Å². The maximum Gasteiger partial charge on any atom is 0.0192 e. The van der Waals surface area contributed by atoms with Crippen LogP contribution in [0.15, 0.2) is 0 Å². The molecule has 2 heteroatoms. The van der Waals surface area contributed by atoms with Gasteiger partial charge < -0.3 is 5.32 Å². The summed E-state index contributed by atoms with van der Waals surface area (Å²) in [5.74, 6) is 0.